The average molecular weight is 213 g/mol. The molecule has 0 spiro atoms. The van der Waals surface area contributed by atoms with E-state index < -0.39 is 0 Å². The van der Waals surface area contributed by atoms with Crippen LogP contribution < -0.4 is 0 Å². The van der Waals surface area contributed by atoms with Gasteiger partial charge in [0.15, 0.2) is 0 Å². The van der Waals surface area contributed by atoms with E-state index in [4.69, 9.17) is 4.74 Å². The lowest BCUT2D eigenvalue weighted by atomic mass is 9.98. The maximum Gasteiger partial charge on any atom is 0.310 e. The molecule has 15 heavy (non-hydrogen) atoms. The average Bonchev–Trinajstić information content (AvgIpc) is 2.17. The number of piperidine rings is 1. The molecule has 88 valence electrons. The van der Waals surface area contributed by atoms with Crippen molar-refractivity contribution in [1.82, 2.24) is 4.90 Å². The molecule has 3 heteroatoms. The monoisotopic (exact) mass is 213 g/mol. The van der Waals surface area contributed by atoms with Gasteiger partial charge in [-0.15, -0.1) is 0 Å². The Bertz CT molecular complexity index is 202. The van der Waals surface area contributed by atoms with Crippen molar-refractivity contribution in [2.45, 2.75) is 46.1 Å². The third-order valence-electron chi connectivity index (χ3n) is 2.73. The van der Waals surface area contributed by atoms with Crippen LogP contribution in [-0.4, -0.2) is 36.6 Å². The summed E-state index contributed by atoms with van der Waals surface area (Å²) in [6, 6.07) is 0. The molecule has 0 saturated carbocycles. The highest BCUT2D eigenvalue weighted by Gasteiger charge is 2.26. The van der Waals surface area contributed by atoms with Crippen LogP contribution in [0.2, 0.25) is 0 Å². The van der Waals surface area contributed by atoms with Gasteiger partial charge < -0.3 is 9.64 Å². The number of carbonyl (C=O) groups excluding carboxylic acids is 1. The quantitative estimate of drug-likeness (QED) is 0.669. The lowest BCUT2D eigenvalue weighted by Gasteiger charge is -2.31. The van der Waals surface area contributed by atoms with E-state index in [2.05, 4.69) is 11.8 Å². The second-order valence-electron chi connectivity index (χ2n) is 4.63. The summed E-state index contributed by atoms with van der Waals surface area (Å²) >= 11 is 0. The number of esters is 1. The molecule has 1 fully saturated rings. The van der Waals surface area contributed by atoms with Crippen molar-refractivity contribution < 1.29 is 9.53 Å². The predicted octanol–water partition coefficient (Wildman–Crippen LogP) is 2.06. The van der Waals surface area contributed by atoms with Gasteiger partial charge in [-0.1, -0.05) is 6.92 Å². The largest absolute Gasteiger partial charge is 0.463 e. The zero-order valence-electron chi connectivity index (χ0n) is 10.2. The molecule has 0 aromatic rings. The van der Waals surface area contributed by atoms with E-state index >= 15 is 0 Å². The minimum Gasteiger partial charge on any atom is -0.463 e. The number of hydrogen-bond acceptors (Lipinski definition) is 3. The van der Waals surface area contributed by atoms with Crippen LogP contribution in [0.5, 0.6) is 0 Å². The van der Waals surface area contributed by atoms with Crippen molar-refractivity contribution in [1.29, 1.82) is 0 Å². The van der Waals surface area contributed by atoms with Gasteiger partial charge >= 0.3 is 5.97 Å². The van der Waals surface area contributed by atoms with Crippen LogP contribution in [0.4, 0.5) is 0 Å². The summed E-state index contributed by atoms with van der Waals surface area (Å²) in [6.45, 7) is 9.12. The van der Waals surface area contributed by atoms with E-state index in [9.17, 15) is 4.79 Å². The van der Waals surface area contributed by atoms with Crippen molar-refractivity contribution >= 4 is 5.97 Å². The summed E-state index contributed by atoms with van der Waals surface area (Å²) in [7, 11) is 0. The summed E-state index contributed by atoms with van der Waals surface area (Å²) in [5.41, 5.74) is 0. The number of nitrogens with zero attached hydrogens (tertiary/aromatic N) is 1. The van der Waals surface area contributed by atoms with E-state index in [1.165, 1.54) is 0 Å². The Morgan fingerprint density at radius 3 is 2.87 bits per heavy atom. The molecule has 0 radical (unpaired) electrons. The van der Waals surface area contributed by atoms with E-state index in [1.807, 2.05) is 13.8 Å². The molecule has 0 aromatic carbocycles. The van der Waals surface area contributed by atoms with E-state index in [0.29, 0.717) is 0 Å². The minimum atomic E-state index is -0.00852. The summed E-state index contributed by atoms with van der Waals surface area (Å²) in [6.07, 6.45) is 3.29. The predicted molar refractivity (Wildman–Crippen MR) is 60.7 cm³/mol. The van der Waals surface area contributed by atoms with Crippen LogP contribution >= 0.6 is 0 Å². The number of hydrogen-bond donors (Lipinski definition) is 0. The van der Waals surface area contributed by atoms with Crippen LogP contribution in [0.25, 0.3) is 0 Å². The van der Waals surface area contributed by atoms with Crippen LogP contribution in [-0.2, 0) is 9.53 Å². The Labute approximate surface area is 92.8 Å². The molecule has 0 aromatic heterocycles. The van der Waals surface area contributed by atoms with Gasteiger partial charge in [0.25, 0.3) is 0 Å². The van der Waals surface area contributed by atoms with Crippen molar-refractivity contribution in [2.75, 3.05) is 19.6 Å². The number of likely N-dealkylation sites (tertiary alicyclic amines) is 1. The lowest BCUT2D eigenvalue weighted by Crippen LogP contribution is -2.40. The topological polar surface area (TPSA) is 29.5 Å². The number of carbonyl (C=O) groups is 1. The fourth-order valence-electron chi connectivity index (χ4n) is 2.10. The molecular weight excluding hydrogens is 190 g/mol. The Kier molecular flexibility index (Phi) is 5.09. The maximum atomic E-state index is 11.7. The summed E-state index contributed by atoms with van der Waals surface area (Å²) in [5.74, 6) is 0.0958. The van der Waals surface area contributed by atoms with Gasteiger partial charge in [0.2, 0.25) is 0 Å². The Balaban J connectivity index is 2.38. The third-order valence-corrected chi connectivity index (χ3v) is 2.73. The zero-order valence-corrected chi connectivity index (χ0v) is 10.2. The minimum absolute atomic E-state index is 0.00852. The molecule has 0 N–H and O–H groups in total. The Morgan fingerprint density at radius 2 is 2.27 bits per heavy atom. The Morgan fingerprint density at radius 1 is 1.53 bits per heavy atom. The SMILES string of the molecule is CCCN1CCCC(C(=O)OC(C)C)C1. The van der Waals surface area contributed by atoms with Gasteiger partial charge in [0.05, 0.1) is 12.0 Å². The van der Waals surface area contributed by atoms with Gasteiger partial charge in [-0.25, -0.2) is 0 Å². The van der Waals surface area contributed by atoms with Crippen LogP contribution in [0.15, 0.2) is 0 Å². The summed E-state index contributed by atoms with van der Waals surface area (Å²) < 4.78 is 5.25. The molecule has 1 aliphatic rings. The fourth-order valence-corrected chi connectivity index (χ4v) is 2.10. The number of rotatable bonds is 4. The van der Waals surface area contributed by atoms with E-state index in [0.717, 1.165) is 38.9 Å². The highest BCUT2D eigenvalue weighted by molar-refractivity contribution is 5.73. The molecule has 1 heterocycles. The third kappa shape index (κ3) is 4.20. The van der Waals surface area contributed by atoms with Crippen molar-refractivity contribution in [3.8, 4) is 0 Å². The molecule has 1 unspecified atom stereocenters. The first-order valence-corrected chi connectivity index (χ1v) is 6.06. The van der Waals surface area contributed by atoms with E-state index in [1.54, 1.807) is 0 Å². The van der Waals surface area contributed by atoms with Gasteiger partial charge in [0.1, 0.15) is 0 Å². The molecule has 1 rings (SSSR count). The highest BCUT2D eigenvalue weighted by Crippen LogP contribution is 2.18. The lowest BCUT2D eigenvalue weighted by molar-refractivity contribution is -0.154. The first-order chi connectivity index (χ1) is 7.13. The Hall–Kier alpha value is -0.570. The second-order valence-corrected chi connectivity index (χ2v) is 4.63. The summed E-state index contributed by atoms with van der Waals surface area (Å²) in [4.78, 5) is 14.1. The van der Waals surface area contributed by atoms with Gasteiger partial charge in [-0.2, -0.15) is 0 Å². The van der Waals surface area contributed by atoms with Crippen molar-refractivity contribution in [2.24, 2.45) is 5.92 Å². The molecule has 1 atom stereocenters. The molecular formula is C12H23NO2. The first kappa shape index (κ1) is 12.5. The van der Waals surface area contributed by atoms with Crippen LogP contribution in [0.1, 0.15) is 40.0 Å². The van der Waals surface area contributed by atoms with Crippen molar-refractivity contribution in [3.05, 3.63) is 0 Å². The number of ether oxygens (including phenoxy) is 1. The van der Waals surface area contributed by atoms with Gasteiger partial charge in [-0.05, 0) is 46.2 Å². The normalized spacial score (nSPS) is 23.1. The zero-order chi connectivity index (χ0) is 11.3. The molecule has 3 nitrogen and oxygen atoms in total. The second kappa shape index (κ2) is 6.11. The molecule has 0 amide bonds. The summed E-state index contributed by atoms with van der Waals surface area (Å²) in [5, 5.41) is 0. The molecule has 0 bridgehead atoms. The van der Waals surface area contributed by atoms with Crippen molar-refractivity contribution in [3.63, 3.8) is 0 Å². The molecule has 1 aliphatic heterocycles. The fraction of sp³-hybridized carbons (Fsp3) is 0.917. The maximum absolute atomic E-state index is 11.7. The van der Waals surface area contributed by atoms with Crippen LogP contribution in [0.3, 0.4) is 0 Å². The standard InChI is InChI=1S/C12H23NO2/c1-4-7-13-8-5-6-11(9-13)12(14)15-10(2)3/h10-11H,4-9H2,1-3H3. The first-order valence-electron chi connectivity index (χ1n) is 6.06. The van der Waals surface area contributed by atoms with Gasteiger partial charge in [-0.3, -0.25) is 4.79 Å². The molecule has 0 aliphatic carbocycles. The smallest absolute Gasteiger partial charge is 0.310 e. The molecule has 1 saturated heterocycles. The van der Waals surface area contributed by atoms with E-state index in [-0.39, 0.29) is 18.0 Å². The van der Waals surface area contributed by atoms with Crippen LogP contribution in [0, 0.1) is 5.92 Å². The van der Waals surface area contributed by atoms with Gasteiger partial charge in [0, 0.05) is 6.54 Å². The highest BCUT2D eigenvalue weighted by atomic mass is 16.5.